The van der Waals surface area contributed by atoms with Crippen LogP contribution in [0.3, 0.4) is 0 Å². The Balaban J connectivity index is 1.76. The second kappa shape index (κ2) is 9.49. The molecule has 2 aromatic rings. The summed E-state index contributed by atoms with van der Waals surface area (Å²) in [5.41, 5.74) is 1.58. The van der Waals surface area contributed by atoms with E-state index in [-0.39, 0.29) is 13.2 Å². The van der Waals surface area contributed by atoms with Crippen LogP contribution in [-0.2, 0) is 20.9 Å². The number of benzene rings is 2. The number of carbonyl (C=O) groups excluding carboxylic acids is 2. The second-order valence-electron chi connectivity index (χ2n) is 5.09. The highest BCUT2D eigenvalue weighted by molar-refractivity contribution is 6.31. The van der Waals surface area contributed by atoms with Crippen molar-refractivity contribution in [2.24, 2.45) is 0 Å². The Hall–Kier alpha value is -2.79. The molecule has 0 heterocycles. The molecule has 1 amide bonds. The number of rotatable bonds is 7. The standard InChI is InChI=1S/C19H18ClNO4/c1-24-16-7-4-5-14(11-16)9-10-19(23)25-13-18(22)21-12-15-6-2-3-8-17(15)20/h2-11H,12-13H2,1H3,(H,21,22)/b10-9+. The number of hydrogen-bond donors (Lipinski definition) is 1. The van der Waals surface area contributed by atoms with Crippen LogP contribution >= 0.6 is 11.6 Å². The van der Waals surface area contributed by atoms with Gasteiger partial charge in [-0.2, -0.15) is 0 Å². The maximum absolute atomic E-state index is 11.7. The van der Waals surface area contributed by atoms with Gasteiger partial charge in [0.1, 0.15) is 5.75 Å². The third kappa shape index (κ3) is 6.31. The van der Waals surface area contributed by atoms with Gasteiger partial charge in [-0.25, -0.2) is 4.79 Å². The minimum atomic E-state index is -0.601. The molecule has 1 N–H and O–H groups in total. The average Bonchev–Trinajstić information content (AvgIpc) is 2.64. The van der Waals surface area contributed by atoms with Gasteiger partial charge >= 0.3 is 5.97 Å². The Morgan fingerprint density at radius 2 is 1.96 bits per heavy atom. The highest BCUT2D eigenvalue weighted by Gasteiger charge is 2.06. The number of halogens is 1. The smallest absolute Gasteiger partial charge is 0.331 e. The van der Waals surface area contributed by atoms with Gasteiger partial charge in [0.05, 0.1) is 7.11 Å². The third-order valence-corrected chi connectivity index (χ3v) is 3.65. The van der Waals surface area contributed by atoms with Crippen LogP contribution in [-0.4, -0.2) is 25.6 Å². The van der Waals surface area contributed by atoms with Crippen molar-refractivity contribution in [2.45, 2.75) is 6.54 Å². The predicted molar refractivity (Wildman–Crippen MR) is 96.3 cm³/mol. The first-order valence-corrected chi connectivity index (χ1v) is 7.95. The molecule has 6 heteroatoms. The summed E-state index contributed by atoms with van der Waals surface area (Å²) in [6.07, 6.45) is 2.85. The molecule has 0 aromatic heterocycles. The highest BCUT2D eigenvalue weighted by atomic mass is 35.5. The van der Waals surface area contributed by atoms with Crippen LogP contribution in [0.1, 0.15) is 11.1 Å². The lowest BCUT2D eigenvalue weighted by Gasteiger charge is -2.07. The normalized spacial score (nSPS) is 10.5. The molecule has 0 unspecified atom stereocenters. The van der Waals surface area contributed by atoms with E-state index in [1.807, 2.05) is 30.3 Å². The van der Waals surface area contributed by atoms with Gasteiger partial charge in [0, 0.05) is 17.6 Å². The zero-order valence-corrected chi connectivity index (χ0v) is 14.5. The fourth-order valence-electron chi connectivity index (χ4n) is 1.98. The Labute approximate surface area is 151 Å². The number of esters is 1. The molecule has 5 nitrogen and oxygen atoms in total. The zero-order valence-electron chi connectivity index (χ0n) is 13.7. The summed E-state index contributed by atoms with van der Waals surface area (Å²) in [5, 5.41) is 3.21. The van der Waals surface area contributed by atoms with Crippen LogP contribution in [0.15, 0.2) is 54.6 Å². The molecule has 0 bridgehead atoms. The van der Waals surface area contributed by atoms with Crippen LogP contribution in [0.4, 0.5) is 0 Å². The van der Waals surface area contributed by atoms with Gasteiger partial charge in [0.25, 0.3) is 5.91 Å². The highest BCUT2D eigenvalue weighted by Crippen LogP contribution is 2.14. The largest absolute Gasteiger partial charge is 0.497 e. The summed E-state index contributed by atoms with van der Waals surface area (Å²) in [7, 11) is 1.57. The van der Waals surface area contributed by atoms with Crippen molar-refractivity contribution in [3.8, 4) is 5.75 Å². The van der Waals surface area contributed by atoms with E-state index < -0.39 is 11.9 Å². The minimum absolute atomic E-state index is 0.274. The maximum atomic E-state index is 11.7. The van der Waals surface area contributed by atoms with Gasteiger partial charge in [0.15, 0.2) is 6.61 Å². The molecule has 0 radical (unpaired) electrons. The fourth-order valence-corrected chi connectivity index (χ4v) is 2.18. The van der Waals surface area contributed by atoms with Crippen molar-refractivity contribution in [3.63, 3.8) is 0 Å². The number of nitrogens with one attached hydrogen (secondary N) is 1. The van der Waals surface area contributed by atoms with E-state index in [9.17, 15) is 9.59 Å². The van der Waals surface area contributed by atoms with E-state index in [1.54, 1.807) is 31.4 Å². The lowest BCUT2D eigenvalue weighted by Crippen LogP contribution is -2.28. The molecule has 0 aliphatic heterocycles. The minimum Gasteiger partial charge on any atom is -0.497 e. The van der Waals surface area contributed by atoms with Crippen LogP contribution in [0.2, 0.25) is 5.02 Å². The summed E-state index contributed by atoms with van der Waals surface area (Å²) in [6, 6.07) is 14.4. The van der Waals surface area contributed by atoms with Crippen molar-refractivity contribution in [1.29, 1.82) is 0 Å². The van der Waals surface area contributed by atoms with E-state index >= 15 is 0 Å². The molecule has 0 fully saturated rings. The van der Waals surface area contributed by atoms with Gasteiger partial charge < -0.3 is 14.8 Å². The molecule has 25 heavy (non-hydrogen) atoms. The number of methoxy groups -OCH3 is 1. The van der Waals surface area contributed by atoms with Gasteiger partial charge in [-0.15, -0.1) is 0 Å². The predicted octanol–water partition coefficient (Wildman–Crippen LogP) is 3.22. The number of carbonyl (C=O) groups is 2. The molecule has 0 saturated heterocycles. The third-order valence-electron chi connectivity index (χ3n) is 3.29. The van der Waals surface area contributed by atoms with Gasteiger partial charge in [-0.3, -0.25) is 4.79 Å². The zero-order chi connectivity index (χ0) is 18.1. The van der Waals surface area contributed by atoms with Crippen LogP contribution in [0.5, 0.6) is 5.75 Å². The first kappa shape index (κ1) is 18.5. The lowest BCUT2D eigenvalue weighted by molar-refractivity contribution is -0.143. The molecular formula is C19H18ClNO4. The summed E-state index contributed by atoms with van der Waals surface area (Å²) in [6.45, 7) is -0.0819. The van der Waals surface area contributed by atoms with E-state index in [1.165, 1.54) is 6.08 Å². The average molecular weight is 360 g/mol. The van der Waals surface area contributed by atoms with Crippen LogP contribution in [0.25, 0.3) is 6.08 Å². The summed E-state index contributed by atoms with van der Waals surface area (Å²) in [4.78, 5) is 23.4. The quantitative estimate of drug-likeness (QED) is 0.609. The lowest BCUT2D eigenvalue weighted by atomic mass is 10.2. The molecule has 0 atom stereocenters. The van der Waals surface area contributed by atoms with Crippen molar-refractivity contribution in [2.75, 3.05) is 13.7 Å². The van der Waals surface area contributed by atoms with Gasteiger partial charge in [-0.1, -0.05) is 41.9 Å². The number of hydrogen-bond acceptors (Lipinski definition) is 4. The van der Waals surface area contributed by atoms with Gasteiger partial charge in [0.2, 0.25) is 0 Å². The Kier molecular flexibility index (Phi) is 7.04. The molecule has 2 aromatic carbocycles. The molecule has 130 valence electrons. The van der Waals surface area contributed by atoms with Gasteiger partial charge in [-0.05, 0) is 35.4 Å². The van der Waals surface area contributed by atoms with E-state index in [0.29, 0.717) is 10.8 Å². The topological polar surface area (TPSA) is 64.6 Å². The molecule has 0 spiro atoms. The monoisotopic (exact) mass is 359 g/mol. The van der Waals surface area contributed by atoms with Crippen molar-refractivity contribution >= 4 is 29.6 Å². The van der Waals surface area contributed by atoms with Crippen molar-refractivity contribution in [1.82, 2.24) is 5.32 Å². The first-order chi connectivity index (χ1) is 12.1. The van der Waals surface area contributed by atoms with Crippen molar-refractivity contribution < 1.29 is 19.1 Å². The van der Waals surface area contributed by atoms with E-state index in [2.05, 4.69) is 5.32 Å². The summed E-state index contributed by atoms with van der Waals surface area (Å²) >= 11 is 6.00. The maximum Gasteiger partial charge on any atom is 0.331 e. The first-order valence-electron chi connectivity index (χ1n) is 7.57. The molecule has 0 aliphatic carbocycles. The Bertz CT molecular complexity index is 774. The fraction of sp³-hybridized carbons (Fsp3) is 0.158. The van der Waals surface area contributed by atoms with Crippen molar-refractivity contribution in [3.05, 3.63) is 70.8 Å². The molecular weight excluding hydrogens is 342 g/mol. The summed E-state index contributed by atoms with van der Waals surface area (Å²) < 4.78 is 10.00. The van der Waals surface area contributed by atoms with E-state index in [0.717, 1.165) is 11.1 Å². The summed E-state index contributed by atoms with van der Waals surface area (Å²) in [5.74, 6) is -0.312. The number of amides is 1. The van der Waals surface area contributed by atoms with Crippen LogP contribution < -0.4 is 10.1 Å². The molecule has 0 saturated carbocycles. The molecule has 2 rings (SSSR count). The Morgan fingerprint density at radius 1 is 1.16 bits per heavy atom. The SMILES string of the molecule is COc1cccc(/C=C/C(=O)OCC(=O)NCc2ccccc2Cl)c1. The second-order valence-corrected chi connectivity index (χ2v) is 5.49. The Morgan fingerprint density at radius 3 is 2.72 bits per heavy atom. The van der Waals surface area contributed by atoms with Crippen LogP contribution in [0, 0.1) is 0 Å². The van der Waals surface area contributed by atoms with E-state index in [4.69, 9.17) is 21.1 Å². The molecule has 0 aliphatic rings. The number of ether oxygens (including phenoxy) is 2.